The van der Waals surface area contributed by atoms with Gasteiger partial charge in [0.1, 0.15) is 35.8 Å². The van der Waals surface area contributed by atoms with Crippen molar-refractivity contribution in [2.24, 2.45) is 15.1 Å². The Morgan fingerprint density at radius 3 is 1.28 bits per heavy atom. The van der Waals surface area contributed by atoms with Crippen LogP contribution in [0.4, 0.5) is 30.6 Å². The molecule has 0 radical (unpaired) electrons. The van der Waals surface area contributed by atoms with Crippen LogP contribution in [-0.4, -0.2) is 144 Å². The number of rotatable bonds is 17. The highest BCUT2D eigenvalue weighted by atomic mass is 35.5. The molecule has 554 valence electrons. The van der Waals surface area contributed by atoms with Gasteiger partial charge in [-0.3, -0.25) is 18.6 Å². The molecule has 3 aliphatic rings. The lowest BCUT2D eigenvalue weighted by Crippen LogP contribution is -2.35. The van der Waals surface area contributed by atoms with Gasteiger partial charge in [-0.05, 0) is 146 Å². The second-order valence-corrected chi connectivity index (χ2v) is 27.5. The van der Waals surface area contributed by atoms with Crippen LogP contribution in [0.15, 0.2) is 107 Å². The Hall–Kier alpha value is -7.86. The number of anilines is 3. The van der Waals surface area contributed by atoms with Gasteiger partial charge in [-0.1, -0.05) is 81.7 Å². The largest absolute Gasteiger partial charge is 0.467 e. The molecule has 103 heavy (non-hydrogen) atoms. The first kappa shape index (κ1) is 82.4. The summed E-state index contributed by atoms with van der Waals surface area (Å²) in [5.74, 6) is -1.09. The molecule has 0 aliphatic carbocycles. The third kappa shape index (κ3) is 23.1. The van der Waals surface area contributed by atoms with E-state index < -0.39 is 45.9 Å². The summed E-state index contributed by atoms with van der Waals surface area (Å²) in [5.41, 5.74) is 28.6. The molecule has 3 aromatic carbocycles. The molecule has 0 amide bonds. The molecule has 3 fully saturated rings. The first-order valence-corrected chi connectivity index (χ1v) is 35.7. The maximum Gasteiger partial charge on any atom is 0.264 e. The first-order chi connectivity index (χ1) is 48.6. The van der Waals surface area contributed by atoms with Crippen LogP contribution in [0.5, 0.6) is 17.6 Å². The van der Waals surface area contributed by atoms with Crippen molar-refractivity contribution >= 4 is 109 Å². The van der Waals surface area contributed by atoms with Gasteiger partial charge >= 0.3 is 0 Å². The molecule has 0 saturated carbocycles. The van der Waals surface area contributed by atoms with Gasteiger partial charge in [0.05, 0.1) is 106 Å². The van der Waals surface area contributed by atoms with Crippen molar-refractivity contribution in [2.75, 3.05) is 76.8 Å². The predicted molar refractivity (Wildman–Crippen MR) is 392 cm³/mol. The Bertz CT molecular complexity index is 4420. The standard InChI is InChI=1S/C21H23Cl2FN6O.C20H21Cl2FN6O.C15H12Cl2FN5O.C7H15NO3S.CH4.ClHN4/c1-12(18-15(22)3-4-16(24)19(18)23)31-21-20(25)26-10-17(28-21)13-9-27-30(11-13)14-5-7-29(2)8-6-14;1-11(17-14(21)2-3-15(23)18(17)22)30-20-19(24)26-9-16(28-20)12-8-27-29(10-12)13-4-6-25-7-5-13;1-7(12-9(16)2-3-10(18)13(12)17)24-15-14(19)20-6-11(23-15)8-4-21-22-5-8;1-8-5-3-7(4-6-8)11-12(2,9)10;;1-3-5-4-2/h3-4,9-12,14H,5-8H2,1-2H3,(H2,25,26);2-3,8-11,13,25H,4-7H2,1H3,(H2,24,26);2-7H,1H3,(H2,19,20)(H,21,22);7H,3-6H2,1-2H3;1H4;2H/t12-;11-;7-;;;/m111.../s1. The Morgan fingerprint density at radius 1 is 0.573 bits per heavy atom. The van der Waals surface area contributed by atoms with Crippen molar-refractivity contribution in [3.8, 4) is 51.4 Å². The number of aromatic amines is 1. The summed E-state index contributed by atoms with van der Waals surface area (Å²) in [6.45, 7) is 10.9. The number of aromatic nitrogens is 12. The first-order valence-electron chi connectivity index (χ1n) is 31.3. The summed E-state index contributed by atoms with van der Waals surface area (Å²) in [4.78, 5) is 30.2. The molecule has 0 unspecified atom stereocenters. The summed E-state index contributed by atoms with van der Waals surface area (Å²) in [6, 6.07) is 8.59. The lowest BCUT2D eigenvalue weighted by Gasteiger charge is -2.28. The van der Waals surface area contributed by atoms with Crippen LogP contribution < -0.4 is 36.7 Å². The number of nitrogen functional groups attached to an aromatic ring is 3. The molecule has 3 aliphatic heterocycles. The minimum atomic E-state index is -3.26. The molecule has 12 rings (SSSR count). The number of halogens is 10. The van der Waals surface area contributed by atoms with Gasteiger partial charge in [-0.2, -0.15) is 29.2 Å². The molecule has 39 heteroatoms. The van der Waals surface area contributed by atoms with Crippen LogP contribution in [0.2, 0.25) is 30.1 Å². The van der Waals surface area contributed by atoms with E-state index in [-0.39, 0.29) is 68.7 Å². The number of ether oxygens (including phenoxy) is 3. The molecule has 9 heterocycles. The summed E-state index contributed by atoms with van der Waals surface area (Å²) in [7, 11) is 0.891. The number of nitrogens with two attached hydrogens (primary N) is 3. The molecule has 28 nitrogen and oxygen atoms in total. The van der Waals surface area contributed by atoms with Crippen molar-refractivity contribution in [3.05, 3.63) is 156 Å². The fraction of sp³-hybridized carbons (Fsp3) is 0.391. The van der Waals surface area contributed by atoms with E-state index in [1.807, 2.05) is 28.8 Å². The Balaban J connectivity index is 0.000000194. The second kappa shape index (κ2) is 38.8. The smallest absolute Gasteiger partial charge is 0.264 e. The van der Waals surface area contributed by atoms with Crippen LogP contribution in [0.25, 0.3) is 33.8 Å². The highest BCUT2D eigenvalue weighted by Crippen LogP contribution is 2.40. The van der Waals surface area contributed by atoms with Gasteiger partial charge in [-0.25, -0.2) is 43.1 Å². The Morgan fingerprint density at radius 2 is 0.942 bits per heavy atom. The van der Waals surface area contributed by atoms with Crippen LogP contribution in [0, 0.1) is 23.0 Å². The molecule has 3 atom stereocenters. The van der Waals surface area contributed by atoms with Gasteiger partial charge in [0, 0.05) is 80.1 Å². The molecule has 9 N–H and O–H groups in total. The third-order valence-electron chi connectivity index (χ3n) is 16.0. The molecular weight excluding hydrogens is 1510 g/mol. The SMILES string of the molecule is C.CN1CCC(OS(C)(=O)=O)CC1.C[C@@H](Oc1nc(-c2cn[nH]c2)cnc1N)c1c(Cl)ccc(F)c1Cl.C[C@@H](Oc1nc(-c2cnn(C3CCN(C)CC3)c2)cnc1N)c1c(Cl)ccc(F)c1Cl.C[C@@H](Oc1nc(-c2cnn(C3CCNCC3)c2)cnc1N)c1c(Cl)ccc(F)c1Cl.N=NN=NCl. The molecule has 9 aromatic rings. The third-order valence-corrected chi connectivity index (χ3v) is 18.8. The number of hydrogen-bond acceptors (Lipinski definition) is 23. The lowest BCUT2D eigenvalue weighted by molar-refractivity contribution is 0.121. The topological polar surface area (TPSA) is 370 Å². The minimum absolute atomic E-state index is 0. The Labute approximate surface area is 628 Å². The number of H-pyrrole nitrogens is 1. The number of benzene rings is 3. The molecular formula is C64H76Cl7F3N22O6S. The molecule has 0 bridgehead atoms. The minimum Gasteiger partial charge on any atom is -0.467 e. The zero-order chi connectivity index (χ0) is 73.9. The predicted octanol–water partition coefficient (Wildman–Crippen LogP) is 15.5. The van der Waals surface area contributed by atoms with E-state index in [1.165, 1.54) is 42.6 Å². The highest BCUT2D eigenvalue weighted by Gasteiger charge is 2.27. The normalized spacial score (nSPS) is 15.5. The summed E-state index contributed by atoms with van der Waals surface area (Å²) in [6.07, 6.45) is 20.0. The van der Waals surface area contributed by atoms with Crippen LogP contribution in [-0.2, 0) is 14.3 Å². The zero-order valence-electron chi connectivity index (χ0n) is 55.6. The summed E-state index contributed by atoms with van der Waals surface area (Å²) < 4.78 is 91.8. The number of likely N-dealkylation sites (tertiary alicyclic amines) is 2. The lowest BCUT2D eigenvalue weighted by atomic mass is 10.1. The molecule has 3 saturated heterocycles. The maximum atomic E-state index is 13.9. The van der Waals surface area contributed by atoms with Gasteiger partial charge in [0.15, 0.2) is 17.5 Å². The van der Waals surface area contributed by atoms with Gasteiger partial charge in [0.25, 0.3) is 27.8 Å². The van der Waals surface area contributed by atoms with Crippen molar-refractivity contribution in [3.63, 3.8) is 0 Å². The quantitative estimate of drug-likeness (QED) is 0.0213. The average Bonchev–Trinajstić information content (AvgIpc) is 1.77. The fourth-order valence-corrected chi connectivity index (χ4v) is 13.4. The Kier molecular flexibility index (Phi) is 31.0. The average molecular weight is 1590 g/mol. The van der Waals surface area contributed by atoms with Gasteiger partial charge in [0.2, 0.25) is 0 Å². The van der Waals surface area contributed by atoms with E-state index in [0.29, 0.717) is 55.9 Å². The number of nitrogens with one attached hydrogen (secondary N) is 3. The number of hydrogen-bond donors (Lipinski definition) is 6. The van der Waals surface area contributed by atoms with Gasteiger partial charge < -0.3 is 46.5 Å². The summed E-state index contributed by atoms with van der Waals surface area (Å²) in [5, 5.41) is 24.5. The van der Waals surface area contributed by atoms with Crippen molar-refractivity contribution in [1.82, 2.24) is 74.8 Å². The highest BCUT2D eigenvalue weighted by molar-refractivity contribution is 7.86. The second-order valence-electron chi connectivity index (χ2n) is 23.4. The van der Waals surface area contributed by atoms with Crippen LogP contribution in [0.1, 0.15) is 114 Å². The van der Waals surface area contributed by atoms with E-state index in [0.717, 1.165) is 101 Å². The van der Waals surface area contributed by atoms with E-state index in [4.69, 9.17) is 111 Å². The summed E-state index contributed by atoms with van der Waals surface area (Å²) >= 11 is 41.2. The van der Waals surface area contributed by atoms with E-state index in [2.05, 4.69) is 99.3 Å². The molecule has 0 spiro atoms. The number of nitrogens with zero attached hydrogens (tertiary/aromatic N) is 16. The van der Waals surface area contributed by atoms with Crippen molar-refractivity contribution in [1.29, 1.82) is 5.53 Å². The zero-order valence-corrected chi connectivity index (χ0v) is 61.7. The monoisotopic (exact) mass is 1580 g/mol. The van der Waals surface area contributed by atoms with Gasteiger partial charge in [-0.15, -0.1) is 0 Å². The fourth-order valence-electron chi connectivity index (χ4n) is 10.7. The van der Waals surface area contributed by atoms with E-state index in [9.17, 15) is 21.6 Å². The maximum absolute atomic E-state index is 13.9. The number of piperidine rings is 3. The van der Waals surface area contributed by atoms with Crippen LogP contribution in [0.3, 0.4) is 0 Å². The van der Waals surface area contributed by atoms with E-state index in [1.54, 1.807) is 58.0 Å². The molecule has 6 aromatic heterocycles. The van der Waals surface area contributed by atoms with Crippen molar-refractivity contribution in [2.45, 2.75) is 103 Å². The van der Waals surface area contributed by atoms with E-state index >= 15 is 0 Å². The van der Waals surface area contributed by atoms with Crippen LogP contribution >= 0.6 is 81.4 Å². The van der Waals surface area contributed by atoms with Crippen molar-refractivity contribution < 1.29 is 40.0 Å².